The fraction of sp³-hybridized carbons (Fsp3) is 0.174. The summed E-state index contributed by atoms with van der Waals surface area (Å²) in [6, 6.07) is 14.9. The summed E-state index contributed by atoms with van der Waals surface area (Å²) < 4.78 is 11.9. The molecule has 2 aromatic carbocycles. The number of aromatic nitrogens is 3. The number of anilines is 1. The van der Waals surface area contributed by atoms with Gasteiger partial charge in [0.15, 0.2) is 5.16 Å². The van der Waals surface area contributed by atoms with E-state index < -0.39 is 0 Å². The lowest BCUT2D eigenvalue weighted by Crippen LogP contribution is -2.21. The highest BCUT2D eigenvalue weighted by atomic mass is 32.2. The Kier molecular flexibility index (Phi) is 6.18. The third-order valence-electron chi connectivity index (χ3n) is 4.97. The number of carbonyl (C=O) groups is 1. The number of H-pyrrole nitrogens is 1. The van der Waals surface area contributed by atoms with Gasteiger partial charge >= 0.3 is 0 Å². The van der Waals surface area contributed by atoms with E-state index in [2.05, 4.69) is 15.3 Å². The summed E-state index contributed by atoms with van der Waals surface area (Å²) in [6.07, 6.45) is 1.78. The van der Waals surface area contributed by atoms with Gasteiger partial charge in [0.1, 0.15) is 22.5 Å². The number of thioether (sulfide) groups is 1. The van der Waals surface area contributed by atoms with E-state index in [0.29, 0.717) is 33.4 Å². The number of ether oxygens (including phenoxy) is 2. The van der Waals surface area contributed by atoms with Crippen LogP contribution >= 0.6 is 11.8 Å². The van der Waals surface area contributed by atoms with E-state index in [0.717, 1.165) is 11.1 Å². The minimum absolute atomic E-state index is 0.0755. The number of carbonyl (C=O) groups excluding carboxylic acids is 1. The van der Waals surface area contributed by atoms with Crippen LogP contribution in [0.4, 0.5) is 5.69 Å². The van der Waals surface area contributed by atoms with Gasteiger partial charge in [0, 0.05) is 24.9 Å². The minimum Gasteiger partial charge on any atom is -0.497 e. The van der Waals surface area contributed by atoms with Gasteiger partial charge in [0.05, 0.1) is 25.7 Å². The van der Waals surface area contributed by atoms with Gasteiger partial charge in [-0.1, -0.05) is 42.1 Å². The molecule has 8 nitrogen and oxygen atoms in total. The highest BCUT2D eigenvalue weighted by Crippen LogP contribution is 2.30. The smallest absolute Gasteiger partial charge is 0.278 e. The van der Waals surface area contributed by atoms with Crippen LogP contribution in [0.25, 0.3) is 22.2 Å². The van der Waals surface area contributed by atoms with E-state index in [-0.39, 0.29) is 17.2 Å². The van der Waals surface area contributed by atoms with E-state index in [1.807, 2.05) is 30.3 Å². The zero-order valence-electron chi connectivity index (χ0n) is 17.8. The molecule has 0 bridgehead atoms. The van der Waals surface area contributed by atoms with Crippen LogP contribution in [0.5, 0.6) is 11.5 Å². The highest BCUT2D eigenvalue weighted by Gasteiger charge is 2.16. The summed E-state index contributed by atoms with van der Waals surface area (Å²) in [6.45, 7) is 0. The van der Waals surface area contributed by atoms with Crippen LogP contribution in [0.15, 0.2) is 64.7 Å². The maximum atomic E-state index is 12.8. The predicted octanol–water partition coefficient (Wildman–Crippen LogP) is 3.68. The molecular formula is C23H22N4O4S. The van der Waals surface area contributed by atoms with Crippen LogP contribution in [0.2, 0.25) is 0 Å². The molecule has 0 atom stereocenters. The Bertz CT molecular complexity index is 1330. The van der Waals surface area contributed by atoms with Crippen LogP contribution in [0, 0.1) is 0 Å². The summed E-state index contributed by atoms with van der Waals surface area (Å²) in [5.74, 6) is 0.952. The SMILES string of the molecule is COc1ccc(NC(=O)CSc2nc3c(-c4ccccc4)c[nH]c3c(=O)n2C)c(OC)c1. The molecule has 2 N–H and O–H groups in total. The van der Waals surface area contributed by atoms with Gasteiger partial charge < -0.3 is 19.8 Å². The second kappa shape index (κ2) is 9.19. The zero-order valence-corrected chi connectivity index (χ0v) is 18.7. The molecule has 9 heteroatoms. The number of aromatic amines is 1. The monoisotopic (exact) mass is 450 g/mol. The summed E-state index contributed by atoms with van der Waals surface area (Å²) >= 11 is 1.19. The second-order valence-corrected chi connectivity index (χ2v) is 7.90. The number of hydrogen-bond donors (Lipinski definition) is 2. The molecule has 4 aromatic rings. The number of methoxy groups -OCH3 is 2. The number of amides is 1. The van der Waals surface area contributed by atoms with E-state index in [1.165, 1.54) is 23.4 Å². The molecule has 0 unspecified atom stereocenters. The summed E-state index contributed by atoms with van der Waals surface area (Å²) in [5.41, 5.74) is 3.15. The van der Waals surface area contributed by atoms with Crippen LogP contribution in [-0.2, 0) is 11.8 Å². The number of benzene rings is 2. The lowest BCUT2D eigenvalue weighted by Gasteiger charge is -2.12. The molecule has 0 fully saturated rings. The van der Waals surface area contributed by atoms with Crippen LogP contribution in [0.3, 0.4) is 0 Å². The van der Waals surface area contributed by atoms with Crippen molar-refractivity contribution < 1.29 is 14.3 Å². The molecule has 0 radical (unpaired) electrons. The molecule has 0 aliphatic heterocycles. The van der Waals surface area contributed by atoms with Crippen LogP contribution in [0.1, 0.15) is 0 Å². The molecular weight excluding hydrogens is 428 g/mol. The fourth-order valence-electron chi connectivity index (χ4n) is 3.31. The molecule has 1 amide bonds. The lowest BCUT2D eigenvalue weighted by molar-refractivity contribution is -0.113. The first-order valence-corrected chi connectivity index (χ1v) is 10.8. The van der Waals surface area contributed by atoms with Crippen molar-refractivity contribution in [2.45, 2.75) is 5.16 Å². The van der Waals surface area contributed by atoms with Crippen molar-refractivity contribution in [1.29, 1.82) is 0 Å². The van der Waals surface area contributed by atoms with Crippen molar-refractivity contribution >= 4 is 34.4 Å². The number of rotatable bonds is 7. The molecule has 4 rings (SSSR count). The van der Waals surface area contributed by atoms with Crippen molar-refractivity contribution in [1.82, 2.24) is 14.5 Å². The lowest BCUT2D eigenvalue weighted by atomic mass is 10.1. The van der Waals surface area contributed by atoms with Gasteiger partial charge in [0.25, 0.3) is 5.56 Å². The maximum Gasteiger partial charge on any atom is 0.278 e. The van der Waals surface area contributed by atoms with Crippen molar-refractivity contribution in [3.8, 4) is 22.6 Å². The molecule has 164 valence electrons. The zero-order chi connectivity index (χ0) is 22.7. The Morgan fingerprint density at radius 3 is 2.66 bits per heavy atom. The quantitative estimate of drug-likeness (QED) is 0.329. The first-order valence-electron chi connectivity index (χ1n) is 9.80. The molecule has 2 heterocycles. The summed E-state index contributed by atoms with van der Waals surface area (Å²) in [4.78, 5) is 33.1. The highest BCUT2D eigenvalue weighted by molar-refractivity contribution is 7.99. The third kappa shape index (κ3) is 4.19. The maximum absolute atomic E-state index is 12.8. The Balaban J connectivity index is 1.56. The van der Waals surface area contributed by atoms with E-state index in [9.17, 15) is 9.59 Å². The Hall–Kier alpha value is -3.72. The number of nitrogens with one attached hydrogen (secondary N) is 2. The topological polar surface area (TPSA) is 98.2 Å². The van der Waals surface area contributed by atoms with Gasteiger partial charge in [-0.3, -0.25) is 14.2 Å². The van der Waals surface area contributed by atoms with Crippen molar-refractivity contribution in [3.05, 3.63) is 65.1 Å². The first-order chi connectivity index (χ1) is 15.5. The molecule has 0 aliphatic carbocycles. The van der Waals surface area contributed by atoms with Crippen molar-refractivity contribution in [2.75, 3.05) is 25.3 Å². The van der Waals surface area contributed by atoms with Gasteiger partial charge in [-0.25, -0.2) is 4.98 Å². The van der Waals surface area contributed by atoms with E-state index >= 15 is 0 Å². The minimum atomic E-state index is -0.245. The fourth-order valence-corrected chi connectivity index (χ4v) is 4.07. The number of nitrogens with zero attached hydrogens (tertiary/aromatic N) is 2. The van der Waals surface area contributed by atoms with Gasteiger partial charge in [0.2, 0.25) is 5.91 Å². The molecule has 32 heavy (non-hydrogen) atoms. The molecule has 0 spiro atoms. The number of fused-ring (bicyclic) bond motifs is 1. The van der Waals surface area contributed by atoms with Crippen LogP contribution in [-0.4, -0.2) is 40.4 Å². The summed E-state index contributed by atoms with van der Waals surface area (Å²) in [5, 5.41) is 3.28. The molecule has 0 aliphatic rings. The molecule has 0 saturated heterocycles. The Morgan fingerprint density at radius 1 is 1.16 bits per heavy atom. The molecule has 2 aromatic heterocycles. The van der Waals surface area contributed by atoms with E-state index in [4.69, 9.17) is 9.47 Å². The van der Waals surface area contributed by atoms with Gasteiger partial charge in [-0.2, -0.15) is 0 Å². The summed E-state index contributed by atoms with van der Waals surface area (Å²) in [7, 11) is 4.73. The average Bonchev–Trinajstić information content (AvgIpc) is 3.25. The van der Waals surface area contributed by atoms with Crippen molar-refractivity contribution in [3.63, 3.8) is 0 Å². The normalized spacial score (nSPS) is 10.8. The third-order valence-corrected chi connectivity index (χ3v) is 6.00. The first kappa shape index (κ1) is 21.5. The van der Waals surface area contributed by atoms with E-state index in [1.54, 1.807) is 38.6 Å². The predicted molar refractivity (Wildman–Crippen MR) is 126 cm³/mol. The largest absolute Gasteiger partial charge is 0.497 e. The number of hydrogen-bond acceptors (Lipinski definition) is 6. The average molecular weight is 451 g/mol. The molecule has 0 saturated carbocycles. The second-order valence-electron chi connectivity index (χ2n) is 6.95. The standard InChI is InChI=1S/C23H22N4O4S/c1-27-22(29)21-20(16(12-24-21)14-7-5-4-6-8-14)26-23(27)32-13-19(28)25-17-10-9-15(30-2)11-18(17)31-3/h4-12,24H,13H2,1-3H3,(H,25,28). The Morgan fingerprint density at radius 2 is 1.94 bits per heavy atom. The Labute approximate surface area is 188 Å². The van der Waals surface area contributed by atoms with Gasteiger partial charge in [-0.15, -0.1) is 0 Å². The van der Waals surface area contributed by atoms with Gasteiger partial charge in [-0.05, 0) is 17.7 Å². The van der Waals surface area contributed by atoms with Crippen molar-refractivity contribution in [2.24, 2.45) is 7.05 Å². The van der Waals surface area contributed by atoms with Crippen LogP contribution < -0.4 is 20.3 Å².